The van der Waals surface area contributed by atoms with Crippen molar-refractivity contribution < 1.29 is 22.7 Å². The number of rotatable bonds is 2. The van der Waals surface area contributed by atoms with Crippen LogP contribution < -0.4 is 0 Å². The first-order valence-corrected chi connectivity index (χ1v) is 2.71. The van der Waals surface area contributed by atoms with E-state index in [9.17, 15) is 17.6 Å². The molecule has 0 heterocycles. The van der Waals surface area contributed by atoms with Crippen molar-refractivity contribution in [2.24, 2.45) is 5.92 Å². The number of halogens is 4. The van der Waals surface area contributed by atoms with Crippen LogP contribution in [0.4, 0.5) is 17.6 Å². The summed E-state index contributed by atoms with van der Waals surface area (Å²) in [6.07, 6.45) is -7.76. The van der Waals surface area contributed by atoms with Crippen molar-refractivity contribution in [2.45, 2.75) is 19.3 Å². The van der Waals surface area contributed by atoms with E-state index in [4.69, 9.17) is 5.11 Å². The maximum absolute atomic E-state index is 12.0. The Morgan fingerprint density at radius 2 is 1.80 bits per heavy atom. The third-order valence-corrected chi connectivity index (χ3v) is 1.10. The van der Waals surface area contributed by atoms with Gasteiger partial charge in [0, 0.05) is 12.5 Å². The number of hydrogen-bond donors (Lipinski definition) is 1. The third-order valence-electron chi connectivity index (χ3n) is 1.10. The van der Waals surface area contributed by atoms with Crippen molar-refractivity contribution in [1.29, 1.82) is 0 Å². The van der Waals surface area contributed by atoms with Crippen molar-refractivity contribution in [2.75, 3.05) is 6.61 Å². The Hall–Kier alpha value is -0.320. The fourth-order valence-electron chi connectivity index (χ4n) is 0.415. The minimum absolute atomic E-state index is 0.791. The van der Waals surface area contributed by atoms with E-state index >= 15 is 0 Å². The average molecular weight is 160 g/mol. The molecule has 0 amide bonds. The molecule has 0 fully saturated rings. The summed E-state index contributed by atoms with van der Waals surface area (Å²) in [6.45, 7) is 0.207. The molecule has 0 aliphatic rings. The van der Waals surface area contributed by atoms with Gasteiger partial charge in [0.2, 0.25) is 0 Å². The zero-order chi connectivity index (χ0) is 8.36. The Morgan fingerprint density at radius 3 is 1.90 bits per heavy atom. The van der Waals surface area contributed by atoms with E-state index in [1.807, 2.05) is 0 Å². The molecular formula is C5H8F4O. The summed E-state index contributed by atoms with van der Waals surface area (Å²) in [5.41, 5.74) is 0. The zero-order valence-electron chi connectivity index (χ0n) is 5.32. The van der Waals surface area contributed by atoms with E-state index in [1.54, 1.807) is 0 Å². The van der Waals surface area contributed by atoms with Gasteiger partial charge in [0.1, 0.15) is 0 Å². The molecule has 0 saturated heterocycles. The number of hydrogen-bond acceptors (Lipinski definition) is 1. The Balaban J connectivity index is 3.94. The van der Waals surface area contributed by atoms with Gasteiger partial charge in [0.15, 0.2) is 6.17 Å². The fourth-order valence-corrected chi connectivity index (χ4v) is 0.415. The largest absolute Gasteiger partial charge is 0.420 e. The smallest absolute Gasteiger partial charge is 0.396 e. The predicted molar refractivity (Wildman–Crippen MR) is 27.2 cm³/mol. The van der Waals surface area contributed by atoms with Crippen LogP contribution in [0.2, 0.25) is 0 Å². The van der Waals surface area contributed by atoms with Gasteiger partial charge in [-0.3, -0.25) is 0 Å². The quantitative estimate of drug-likeness (QED) is 0.607. The van der Waals surface area contributed by atoms with Gasteiger partial charge in [-0.15, -0.1) is 0 Å². The SMILES string of the molecule is CC(CO)C(F)C(F)(F)F. The monoisotopic (exact) mass is 160 g/mol. The van der Waals surface area contributed by atoms with Crippen LogP contribution in [0.15, 0.2) is 0 Å². The molecule has 10 heavy (non-hydrogen) atoms. The van der Waals surface area contributed by atoms with Gasteiger partial charge in [-0.25, -0.2) is 4.39 Å². The van der Waals surface area contributed by atoms with Crippen LogP contribution in [0, 0.1) is 5.92 Å². The number of aliphatic hydroxyl groups is 1. The molecular weight excluding hydrogens is 152 g/mol. The molecule has 0 saturated carbocycles. The Labute approximate surface area is 55.7 Å². The van der Waals surface area contributed by atoms with Gasteiger partial charge >= 0.3 is 6.18 Å². The summed E-state index contributed by atoms with van der Waals surface area (Å²) in [6, 6.07) is 0. The van der Waals surface area contributed by atoms with Gasteiger partial charge in [0.25, 0.3) is 0 Å². The number of aliphatic hydroxyl groups excluding tert-OH is 1. The van der Waals surface area contributed by atoms with Gasteiger partial charge in [0.05, 0.1) is 0 Å². The van der Waals surface area contributed by atoms with Crippen molar-refractivity contribution in [3.63, 3.8) is 0 Å². The zero-order valence-corrected chi connectivity index (χ0v) is 5.32. The van der Waals surface area contributed by atoms with Crippen LogP contribution in [-0.4, -0.2) is 24.1 Å². The average Bonchev–Trinajstić information content (AvgIpc) is 1.83. The molecule has 0 rings (SSSR count). The summed E-state index contributed by atoms with van der Waals surface area (Å²) in [5, 5.41) is 8.13. The lowest BCUT2D eigenvalue weighted by molar-refractivity contribution is -0.195. The Kier molecular flexibility index (Phi) is 3.08. The Morgan fingerprint density at radius 1 is 1.40 bits per heavy atom. The topological polar surface area (TPSA) is 20.2 Å². The van der Waals surface area contributed by atoms with Crippen LogP contribution in [0.1, 0.15) is 6.92 Å². The fraction of sp³-hybridized carbons (Fsp3) is 1.00. The van der Waals surface area contributed by atoms with E-state index in [0.717, 1.165) is 6.92 Å². The minimum atomic E-state index is -4.85. The van der Waals surface area contributed by atoms with E-state index in [2.05, 4.69) is 0 Å². The predicted octanol–water partition coefficient (Wildman–Crippen LogP) is 1.52. The van der Waals surface area contributed by atoms with E-state index in [0.29, 0.717) is 0 Å². The molecule has 1 nitrogen and oxygen atoms in total. The molecule has 0 spiro atoms. The van der Waals surface area contributed by atoms with Crippen molar-refractivity contribution in [3.8, 4) is 0 Å². The lowest BCUT2D eigenvalue weighted by Crippen LogP contribution is -2.32. The molecule has 0 aliphatic heterocycles. The molecule has 0 radical (unpaired) electrons. The highest BCUT2D eigenvalue weighted by Crippen LogP contribution is 2.27. The van der Waals surface area contributed by atoms with Crippen molar-refractivity contribution >= 4 is 0 Å². The van der Waals surface area contributed by atoms with Gasteiger partial charge < -0.3 is 5.11 Å². The highest BCUT2D eigenvalue weighted by Gasteiger charge is 2.43. The summed E-state index contributed by atoms with van der Waals surface area (Å²) in [7, 11) is 0. The standard InChI is InChI=1S/C5H8F4O/c1-3(2-10)4(6)5(7,8)9/h3-4,10H,2H2,1H3. The maximum atomic E-state index is 12.0. The third kappa shape index (κ3) is 2.51. The maximum Gasteiger partial charge on any atom is 0.420 e. The van der Waals surface area contributed by atoms with E-state index in [-0.39, 0.29) is 0 Å². The van der Waals surface area contributed by atoms with Crippen LogP contribution in [0.5, 0.6) is 0 Å². The lowest BCUT2D eigenvalue weighted by Gasteiger charge is -2.16. The summed E-state index contributed by atoms with van der Waals surface area (Å²) >= 11 is 0. The van der Waals surface area contributed by atoms with Crippen molar-refractivity contribution in [3.05, 3.63) is 0 Å². The first kappa shape index (κ1) is 9.68. The van der Waals surface area contributed by atoms with E-state index in [1.165, 1.54) is 0 Å². The van der Waals surface area contributed by atoms with Crippen LogP contribution in [0.3, 0.4) is 0 Å². The molecule has 0 aromatic carbocycles. The first-order valence-electron chi connectivity index (χ1n) is 2.71. The lowest BCUT2D eigenvalue weighted by atomic mass is 10.1. The highest BCUT2D eigenvalue weighted by atomic mass is 19.4. The summed E-state index contributed by atoms with van der Waals surface area (Å²) in [4.78, 5) is 0. The normalized spacial score (nSPS) is 18.6. The molecule has 5 heteroatoms. The molecule has 2 unspecified atom stereocenters. The van der Waals surface area contributed by atoms with Crippen LogP contribution in [-0.2, 0) is 0 Å². The Bertz CT molecular complexity index is 100. The molecule has 0 aromatic heterocycles. The summed E-state index contributed by atoms with van der Waals surface area (Å²) < 4.78 is 46.2. The molecule has 2 atom stereocenters. The second-order valence-corrected chi connectivity index (χ2v) is 2.10. The van der Waals surface area contributed by atoms with E-state index < -0.39 is 24.9 Å². The molecule has 1 N–H and O–H groups in total. The summed E-state index contributed by atoms with van der Waals surface area (Å²) in [5.74, 6) is -1.38. The van der Waals surface area contributed by atoms with Gasteiger partial charge in [-0.1, -0.05) is 6.92 Å². The van der Waals surface area contributed by atoms with Crippen LogP contribution >= 0.6 is 0 Å². The molecule has 62 valence electrons. The first-order chi connectivity index (χ1) is 4.39. The molecule has 0 bridgehead atoms. The molecule has 0 aliphatic carbocycles. The van der Waals surface area contributed by atoms with Crippen molar-refractivity contribution in [1.82, 2.24) is 0 Å². The van der Waals surface area contributed by atoms with Crippen LogP contribution in [0.25, 0.3) is 0 Å². The highest BCUT2D eigenvalue weighted by molar-refractivity contribution is 4.71. The minimum Gasteiger partial charge on any atom is -0.396 e. The molecule has 0 aromatic rings. The van der Waals surface area contributed by atoms with Gasteiger partial charge in [-0.05, 0) is 0 Å². The second-order valence-electron chi connectivity index (χ2n) is 2.10. The number of alkyl halides is 4. The second kappa shape index (κ2) is 3.18. The van der Waals surface area contributed by atoms with Gasteiger partial charge in [-0.2, -0.15) is 13.2 Å².